The second-order valence-corrected chi connectivity index (χ2v) is 5.87. The van der Waals surface area contributed by atoms with Crippen molar-refractivity contribution in [2.75, 3.05) is 6.61 Å². The monoisotopic (exact) mass is 400 g/mol. The molecule has 0 N–H and O–H groups in total. The lowest BCUT2D eigenvalue weighted by molar-refractivity contribution is -0.154. The van der Waals surface area contributed by atoms with Gasteiger partial charge in [-0.3, -0.25) is 4.40 Å². The Morgan fingerprint density at radius 2 is 1.89 bits per heavy atom. The average Bonchev–Trinajstić information content (AvgIpc) is 2.98. The smallest absolute Gasteiger partial charge is 0.422 e. The second kappa shape index (κ2) is 6.70. The Morgan fingerprint density at radius 1 is 1.18 bits per heavy atom. The van der Waals surface area contributed by atoms with Crippen molar-refractivity contribution in [3.05, 3.63) is 47.9 Å². The standard InChI is InChI=1S/C17H10F6N4O/c1-16(19,20)15-26-12(5-24)13-3-2-9(7-27(13)15)10-4-11(18)14(25-6-10)28-8-17(21,22)23/h2-4,6-7H,8H2,1H3. The first-order valence-corrected chi connectivity index (χ1v) is 7.65. The Balaban J connectivity index is 2.02. The van der Waals surface area contributed by atoms with E-state index in [1.165, 1.54) is 18.3 Å². The van der Waals surface area contributed by atoms with Crippen molar-refractivity contribution >= 4 is 5.52 Å². The van der Waals surface area contributed by atoms with Crippen molar-refractivity contribution in [1.82, 2.24) is 14.4 Å². The summed E-state index contributed by atoms with van der Waals surface area (Å²) in [5, 5.41) is 9.05. The molecule has 28 heavy (non-hydrogen) atoms. The summed E-state index contributed by atoms with van der Waals surface area (Å²) in [7, 11) is 0. The molecule has 0 saturated heterocycles. The van der Waals surface area contributed by atoms with Crippen molar-refractivity contribution < 1.29 is 31.1 Å². The summed E-state index contributed by atoms with van der Waals surface area (Å²) in [6.07, 6.45) is -2.40. The van der Waals surface area contributed by atoms with E-state index in [2.05, 4.69) is 14.7 Å². The molecule has 146 valence electrons. The number of hydrogen-bond acceptors (Lipinski definition) is 4. The van der Waals surface area contributed by atoms with Crippen molar-refractivity contribution in [2.45, 2.75) is 19.0 Å². The number of nitrogens with zero attached hydrogens (tertiary/aromatic N) is 4. The summed E-state index contributed by atoms with van der Waals surface area (Å²) in [4.78, 5) is 7.14. The van der Waals surface area contributed by atoms with E-state index in [1.54, 1.807) is 6.07 Å². The van der Waals surface area contributed by atoms with Gasteiger partial charge in [0.1, 0.15) is 6.07 Å². The fourth-order valence-electron chi connectivity index (χ4n) is 2.49. The van der Waals surface area contributed by atoms with Gasteiger partial charge >= 0.3 is 12.1 Å². The summed E-state index contributed by atoms with van der Waals surface area (Å²) in [5.74, 6) is -6.02. The van der Waals surface area contributed by atoms with E-state index in [-0.39, 0.29) is 22.3 Å². The molecule has 5 nitrogen and oxygen atoms in total. The highest BCUT2D eigenvalue weighted by molar-refractivity contribution is 5.68. The van der Waals surface area contributed by atoms with Gasteiger partial charge in [-0.15, -0.1) is 0 Å². The molecule has 0 amide bonds. The maximum Gasteiger partial charge on any atom is 0.422 e. The minimum atomic E-state index is -4.65. The lowest BCUT2D eigenvalue weighted by Gasteiger charge is -2.11. The van der Waals surface area contributed by atoms with Gasteiger partial charge in [-0.05, 0) is 12.1 Å². The maximum atomic E-state index is 14.0. The van der Waals surface area contributed by atoms with Gasteiger partial charge in [0.05, 0.1) is 5.52 Å². The molecule has 0 radical (unpaired) electrons. The topological polar surface area (TPSA) is 63.2 Å². The number of aromatic nitrogens is 3. The van der Waals surface area contributed by atoms with Gasteiger partial charge in [-0.25, -0.2) is 14.4 Å². The van der Waals surface area contributed by atoms with E-state index in [0.717, 1.165) is 16.7 Å². The molecule has 0 aliphatic carbocycles. The van der Waals surface area contributed by atoms with Crippen LogP contribution in [-0.2, 0) is 5.92 Å². The predicted octanol–water partition coefficient (Wildman–Crippen LogP) is 4.46. The van der Waals surface area contributed by atoms with Crippen LogP contribution in [0.4, 0.5) is 26.3 Å². The zero-order chi connectivity index (χ0) is 20.7. The third-order valence-electron chi connectivity index (χ3n) is 3.65. The molecular formula is C17H10F6N4O. The molecule has 11 heteroatoms. The molecule has 0 fully saturated rings. The van der Waals surface area contributed by atoms with Gasteiger partial charge < -0.3 is 4.74 Å². The number of halogens is 6. The lowest BCUT2D eigenvalue weighted by atomic mass is 10.1. The zero-order valence-electron chi connectivity index (χ0n) is 14.1. The van der Waals surface area contributed by atoms with Gasteiger partial charge in [0.25, 0.3) is 5.88 Å². The van der Waals surface area contributed by atoms with E-state index in [4.69, 9.17) is 5.26 Å². The van der Waals surface area contributed by atoms with Gasteiger partial charge in [-0.1, -0.05) is 6.07 Å². The number of imidazole rings is 1. The third kappa shape index (κ3) is 3.85. The SMILES string of the molecule is CC(F)(F)c1nc(C#N)c2ccc(-c3cnc(OCC(F)(F)F)c(F)c3)cn12. The van der Waals surface area contributed by atoms with Crippen LogP contribution in [0.25, 0.3) is 16.6 Å². The maximum absolute atomic E-state index is 14.0. The van der Waals surface area contributed by atoms with Crippen LogP contribution in [0.15, 0.2) is 30.6 Å². The highest BCUT2D eigenvalue weighted by Gasteiger charge is 2.32. The van der Waals surface area contributed by atoms with E-state index in [9.17, 15) is 26.3 Å². The molecule has 0 atom stereocenters. The van der Waals surface area contributed by atoms with Crippen molar-refractivity contribution in [3.8, 4) is 23.1 Å². The third-order valence-corrected chi connectivity index (χ3v) is 3.65. The van der Waals surface area contributed by atoms with Crippen LogP contribution in [0.3, 0.4) is 0 Å². The Labute approximate surface area is 153 Å². The summed E-state index contributed by atoms with van der Waals surface area (Å²) < 4.78 is 83.4. The van der Waals surface area contributed by atoms with Crippen LogP contribution in [-0.4, -0.2) is 27.2 Å². The van der Waals surface area contributed by atoms with Crippen molar-refractivity contribution in [1.29, 1.82) is 5.26 Å². The summed E-state index contributed by atoms with van der Waals surface area (Å²) >= 11 is 0. The van der Waals surface area contributed by atoms with Crippen LogP contribution in [0.1, 0.15) is 18.4 Å². The fraction of sp³-hybridized carbons (Fsp3) is 0.235. The van der Waals surface area contributed by atoms with Gasteiger partial charge in [0, 0.05) is 30.4 Å². The predicted molar refractivity (Wildman–Crippen MR) is 84.2 cm³/mol. The largest absolute Gasteiger partial charge is 0.466 e. The van der Waals surface area contributed by atoms with Crippen LogP contribution in [0, 0.1) is 17.1 Å². The van der Waals surface area contributed by atoms with Crippen LogP contribution < -0.4 is 4.74 Å². The van der Waals surface area contributed by atoms with Gasteiger partial charge in [0.2, 0.25) is 0 Å². The average molecular weight is 400 g/mol. The number of pyridine rings is 2. The highest BCUT2D eigenvalue weighted by atomic mass is 19.4. The number of hydrogen-bond donors (Lipinski definition) is 0. The van der Waals surface area contributed by atoms with Crippen LogP contribution >= 0.6 is 0 Å². The number of alkyl halides is 5. The van der Waals surface area contributed by atoms with E-state index >= 15 is 0 Å². The lowest BCUT2D eigenvalue weighted by Crippen LogP contribution is -2.20. The quantitative estimate of drug-likeness (QED) is 0.607. The summed E-state index contributed by atoms with van der Waals surface area (Å²) in [5.41, 5.74) is 0.259. The molecule has 3 aromatic heterocycles. The van der Waals surface area contributed by atoms with Gasteiger partial charge in [0.15, 0.2) is 23.9 Å². The molecule has 3 heterocycles. The first-order chi connectivity index (χ1) is 13.0. The molecular weight excluding hydrogens is 390 g/mol. The number of nitriles is 1. The Morgan fingerprint density at radius 3 is 2.46 bits per heavy atom. The molecule has 0 saturated carbocycles. The van der Waals surface area contributed by atoms with E-state index < -0.39 is 36.2 Å². The van der Waals surface area contributed by atoms with Crippen molar-refractivity contribution in [3.63, 3.8) is 0 Å². The highest BCUT2D eigenvalue weighted by Crippen LogP contribution is 2.31. The summed E-state index contributed by atoms with van der Waals surface area (Å²) in [6.45, 7) is -1.09. The minimum absolute atomic E-state index is 0.108. The molecule has 0 bridgehead atoms. The number of rotatable bonds is 4. The number of fused-ring (bicyclic) bond motifs is 1. The summed E-state index contributed by atoms with van der Waals surface area (Å²) in [6, 6.07) is 5.35. The van der Waals surface area contributed by atoms with E-state index in [1.807, 2.05) is 0 Å². The Kier molecular flexibility index (Phi) is 4.66. The minimum Gasteiger partial charge on any atom is -0.466 e. The first-order valence-electron chi connectivity index (χ1n) is 7.65. The second-order valence-electron chi connectivity index (χ2n) is 5.87. The zero-order valence-corrected chi connectivity index (χ0v) is 14.1. The molecule has 3 aromatic rings. The molecule has 0 aliphatic heterocycles. The van der Waals surface area contributed by atoms with Gasteiger partial charge in [-0.2, -0.15) is 27.2 Å². The molecule has 0 unspecified atom stereocenters. The van der Waals surface area contributed by atoms with E-state index in [0.29, 0.717) is 6.92 Å². The Hall–Kier alpha value is -3.29. The van der Waals surface area contributed by atoms with Crippen LogP contribution in [0.2, 0.25) is 0 Å². The number of ether oxygens (including phenoxy) is 1. The van der Waals surface area contributed by atoms with Crippen molar-refractivity contribution in [2.24, 2.45) is 0 Å². The molecule has 3 rings (SSSR count). The molecule has 0 spiro atoms. The first kappa shape index (κ1) is 19.5. The molecule has 0 aromatic carbocycles. The fourth-order valence-corrected chi connectivity index (χ4v) is 2.49. The van der Waals surface area contributed by atoms with Crippen LogP contribution in [0.5, 0.6) is 5.88 Å². The Bertz CT molecular complexity index is 1080. The molecule has 0 aliphatic rings. The normalized spacial score (nSPS) is 12.2.